The Balaban J connectivity index is 1.38. The molecule has 30 heavy (non-hydrogen) atoms. The van der Waals surface area contributed by atoms with Gasteiger partial charge in [0.2, 0.25) is 0 Å². The van der Waals surface area contributed by atoms with E-state index in [-0.39, 0.29) is 10.9 Å². The number of carbonyl (C=O) groups excluding carboxylic acids is 1. The number of hydrogen-bond donors (Lipinski definition) is 2. The zero-order chi connectivity index (χ0) is 20.9. The lowest BCUT2D eigenvalue weighted by molar-refractivity contribution is 0.0952. The Kier molecular flexibility index (Phi) is 5.77. The number of benzene rings is 3. The van der Waals surface area contributed by atoms with Gasteiger partial charge in [0, 0.05) is 22.7 Å². The van der Waals surface area contributed by atoms with Gasteiger partial charge in [0.05, 0.1) is 0 Å². The third-order valence-electron chi connectivity index (χ3n) is 4.62. The molecule has 2 N–H and O–H groups in total. The predicted molar refractivity (Wildman–Crippen MR) is 122 cm³/mol. The maximum atomic E-state index is 12.6. The van der Waals surface area contributed by atoms with E-state index in [4.69, 9.17) is 21.4 Å². The molecule has 5 nitrogen and oxygen atoms in total. The van der Waals surface area contributed by atoms with E-state index in [1.54, 1.807) is 0 Å². The Morgan fingerprint density at radius 2 is 1.77 bits per heavy atom. The van der Waals surface area contributed by atoms with Crippen LogP contribution in [0.3, 0.4) is 0 Å². The topological polar surface area (TPSA) is 63.5 Å². The second-order valence-corrected chi connectivity index (χ2v) is 7.17. The molecule has 0 bridgehead atoms. The van der Waals surface area contributed by atoms with Gasteiger partial charge in [-0.15, -0.1) is 0 Å². The van der Waals surface area contributed by atoms with Crippen LogP contribution in [0, 0.1) is 6.92 Å². The Hall–Kier alpha value is -3.64. The van der Waals surface area contributed by atoms with Crippen LogP contribution in [0.5, 0.6) is 5.75 Å². The zero-order valence-electron chi connectivity index (χ0n) is 16.3. The van der Waals surface area contributed by atoms with Crippen molar-refractivity contribution in [3.05, 3.63) is 95.7 Å². The standard InChI is InChI=1S/C24H20N2O3S/c1-16-20-12-5-6-13-21(20)29-22(16)23(27)26-24(30)25-18-10-7-11-19(14-18)28-15-17-8-3-2-4-9-17/h2-14H,15H2,1H3,(H2,25,26,27,30). The average molecular weight is 417 g/mol. The third kappa shape index (κ3) is 4.50. The Labute approximate surface area is 179 Å². The van der Waals surface area contributed by atoms with Crippen LogP contribution in [0.1, 0.15) is 21.7 Å². The second kappa shape index (κ2) is 8.80. The van der Waals surface area contributed by atoms with Crippen molar-refractivity contribution in [3.8, 4) is 5.75 Å². The minimum absolute atomic E-state index is 0.181. The van der Waals surface area contributed by atoms with Gasteiger partial charge < -0.3 is 14.5 Å². The number of amides is 1. The highest BCUT2D eigenvalue weighted by Gasteiger charge is 2.18. The first kappa shape index (κ1) is 19.7. The highest BCUT2D eigenvalue weighted by molar-refractivity contribution is 7.80. The van der Waals surface area contributed by atoms with Crippen LogP contribution in [0.25, 0.3) is 11.0 Å². The van der Waals surface area contributed by atoms with Gasteiger partial charge in [-0.1, -0.05) is 54.6 Å². The number of fused-ring (bicyclic) bond motifs is 1. The zero-order valence-corrected chi connectivity index (χ0v) is 17.2. The summed E-state index contributed by atoms with van der Waals surface area (Å²) in [7, 11) is 0. The number of rotatable bonds is 5. The molecule has 150 valence electrons. The molecule has 0 spiro atoms. The molecule has 3 aromatic carbocycles. The number of thiocarbonyl (C=S) groups is 1. The highest BCUT2D eigenvalue weighted by atomic mass is 32.1. The van der Waals surface area contributed by atoms with Crippen LogP contribution in [0.2, 0.25) is 0 Å². The van der Waals surface area contributed by atoms with Crippen molar-refractivity contribution in [3.63, 3.8) is 0 Å². The predicted octanol–water partition coefficient (Wildman–Crippen LogP) is 5.45. The lowest BCUT2D eigenvalue weighted by atomic mass is 10.1. The lowest BCUT2D eigenvalue weighted by Crippen LogP contribution is -2.34. The van der Waals surface area contributed by atoms with E-state index in [1.807, 2.05) is 85.8 Å². The van der Waals surface area contributed by atoms with E-state index in [9.17, 15) is 4.79 Å². The fourth-order valence-electron chi connectivity index (χ4n) is 3.12. The van der Waals surface area contributed by atoms with Crippen molar-refractivity contribution >= 4 is 39.9 Å². The largest absolute Gasteiger partial charge is 0.489 e. The van der Waals surface area contributed by atoms with E-state index in [2.05, 4.69) is 10.6 Å². The van der Waals surface area contributed by atoms with Gasteiger partial charge in [-0.05, 0) is 42.9 Å². The normalized spacial score (nSPS) is 10.6. The molecule has 6 heteroatoms. The first-order valence-corrected chi connectivity index (χ1v) is 9.88. The smallest absolute Gasteiger partial charge is 0.293 e. The molecule has 4 rings (SSSR count). The minimum Gasteiger partial charge on any atom is -0.489 e. The van der Waals surface area contributed by atoms with Crippen molar-refractivity contribution in [2.45, 2.75) is 13.5 Å². The van der Waals surface area contributed by atoms with Crippen molar-refractivity contribution in [2.75, 3.05) is 5.32 Å². The van der Waals surface area contributed by atoms with E-state index < -0.39 is 5.91 Å². The molecule has 0 unspecified atom stereocenters. The summed E-state index contributed by atoms with van der Waals surface area (Å²) in [5.41, 5.74) is 3.25. The van der Waals surface area contributed by atoms with Gasteiger partial charge in [0.25, 0.3) is 5.91 Å². The number of para-hydroxylation sites is 1. The summed E-state index contributed by atoms with van der Waals surface area (Å²) >= 11 is 5.30. The molecule has 0 saturated carbocycles. The molecule has 0 atom stereocenters. The molecule has 0 saturated heterocycles. The fraction of sp³-hybridized carbons (Fsp3) is 0.0833. The summed E-state index contributed by atoms with van der Waals surface area (Å²) in [5, 5.41) is 6.77. The highest BCUT2D eigenvalue weighted by Crippen LogP contribution is 2.25. The van der Waals surface area contributed by atoms with Crippen molar-refractivity contribution in [2.24, 2.45) is 0 Å². The molecule has 0 radical (unpaired) electrons. The number of anilines is 1. The van der Waals surface area contributed by atoms with Crippen LogP contribution < -0.4 is 15.4 Å². The summed E-state index contributed by atoms with van der Waals surface area (Å²) in [6, 6.07) is 24.9. The summed E-state index contributed by atoms with van der Waals surface area (Å²) in [4.78, 5) is 12.6. The fourth-order valence-corrected chi connectivity index (χ4v) is 3.33. The van der Waals surface area contributed by atoms with Gasteiger partial charge in [-0.3, -0.25) is 10.1 Å². The van der Waals surface area contributed by atoms with Gasteiger partial charge in [-0.2, -0.15) is 0 Å². The van der Waals surface area contributed by atoms with E-state index in [0.717, 1.165) is 16.5 Å². The molecule has 1 aromatic heterocycles. The van der Waals surface area contributed by atoms with Crippen LogP contribution in [0.15, 0.2) is 83.3 Å². The van der Waals surface area contributed by atoms with Gasteiger partial charge in [-0.25, -0.2) is 0 Å². The summed E-state index contributed by atoms with van der Waals surface area (Å²) in [6.45, 7) is 2.32. The molecule has 0 fully saturated rings. The van der Waals surface area contributed by atoms with Crippen molar-refractivity contribution in [1.29, 1.82) is 0 Å². The molecular weight excluding hydrogens is 396 g/mol. The molecule has 0 aliphatic carbocycles. The maximum absolute atomic E-state index is 12.6. The molecular formula is C24H20N2O3S. The number of hydrogen-bond acceptors (Lipinski definition) is 4. The van der Waals surface area contributed by atoms with Crippen molar-refractivity contribution < 1.29 is 13.9 Å². The van der Waals surface area contributed by atoms with Gasteiger partial charge in [0.1, 0.15) is 17.9 Å². The van der Waals surface area contributed by atoms with E-state index in [1.165, 1.54) is 0 Å². The van der Waals surface area contributed by atoms with Crippen LogP contribution in [0.4, 0.5) is 5.69 Å². The molecule has 0 aliphatic rings. The SMILES string of the molecule is Cc1c(C(=O)NC(=S)Nc2cccc(OCc3ccccc3)c2)oc2ccccc12. The Bertz CT molecular complexity index is 1200. The maximum Gasteiger partial charge on any atom is 0.293 e. The summed E-state index contributed by atoms with van der Waals surface area (Å²) < 4.78 is 11.5. The van der Waals surface area contributed by atoms with Gasteiger partial charge >= 0.3 is 0 Å². The lowest BCUT2D eigenvalue weighted by Gasteiger charge is -2.11. The minimum atomic E-state index is -0.391. The number of aryl methyl sites for hydroxylation is 1. The van der Waals surface area contributed by atoms with E-state index >= 15 is 0 Å². The van der Waals surface area contributed by atoms with Gasteiger partial charge in [0.15, 0.2) is 10.9 Å². The quantitative estimate of drug-likeness (QED) is 0.424. The van der Waals surface area contributed by atoms with Crippen LogP contribution >= 0.6 is 12.2 Å². The van der Waals surface area contributed by atoms with Crippen molar-refractivity contribution in [1.82, 2.24) is 5.32 Å². The Morgan fingerprint density at radius 3 is 2.57 bits per heavy atom. The van der Waals surface area contributed by atoms with E-state index in [0.29, 0.717) is 23.6 Å². The summed E-state index contributed by atoms with van der Waals surface area (Å²) in [6.07, 6.45) is 0. The first-order valence-electron chi connectivity index (χ1n) is 9.47. The molecule has 1 amide bonds. The molecule has 1 heterocycles. The first-order chi connectivity index (χ1) is 14.6. The number of ether oxygens (including phenoxy) is 1. The molecule has 0 aliphatic heterocycles. The van der Waals surface area contributed by atoms with Crippen LogP contribution in [-0.4, -0.2) is 11.0 Å². The number of furan rings is 1. The average Bonchev–Trinajstić information content (AvgIpc) is 3.10. The summed E-state index contributed by atoms with van der Waals surface area (Å²) in [5.74, 6) is 0.559. The monoisotopic (exact) mass is 416 g/mol. The van der Waals surface area contributed by atoms with Crippen LogP contribution in [-0.2, 0) is 6.61 Å². The molecule has 4 aromatic rings. The Morgan fingerprint density at radius 1 is 1.00 bits per heavy atom. The third-order valence-corrected chi connectivity index (χ3v) is 4.82. The second-order valence-electron chi connectivity index (χ2n) is 6.76. The number of carbonyl (C=O) groups is 1. The number of nitrogens with one attached hydrogen (secondary N) is 2.